The Bertz CT molecular complexity index is 1200. The maximum atomic E-state index is 13.2. The Hall–Kier alpha value is -3.54. The molecule has 0 aliphatic heterocycles. The highest BCUT2D eigenvalue weighted by Gasteiger charge is 2.42. The first-order chi connectivity index (χ1) is 15.3. The zero-order chi connectivity index (χ0) is 24.6. The molecule has 1 heterocycles. The summed E-state index contributed by atoms with van der Waals surface area (Å²) in [6.07, 6.45) is -10.2. The zero-order valence-electron chi connectivity index (χ0n) is 16.4. The van der Waals surface area contributed by atoms with Gasteiger partial charge in [-0.05, 0) is 42.5 Å². The van der Waals surface area contributed by atoms with Crippen LogP contribution in [-0.2, 0) is 17.1 Å². The van der Waals surface area contributed by atoms with Crippen LogP contribution in [0.5, 0.6) is 5.75 Å². The van der Waals surface area contributed by atoms with E-state index in [0.717, 1.165) is 19.1 Å². The SMILES string of the molecule is CC(=O)Oc1ccc(Cl)cc1C(=O)Nc1ccc(-n2nc(C(F)(F)F)cc2C(F)(F)F)cc1. The molecule has 2 aromatic carbocycles. The molecule has 0 saturated carbocycles. The number of halogens is 7. The summed E-state index contributed by atoms with van der Waals surface area (Å²) in [6.45, 7) is 1.13. The van der Waals surface area contributed by atoms with Gasteiger partial charge in [-0.1, -0.05) is 11.6 Å². The third-order valence-corrected chi connectivity index (χ3v) is 4.33. The van der Waals surface area contributed by atoms with Crippen LogP contribution in [0.1, 0.15) is 28.7 Å². The van der Waals surface area contributed by atoms with E-state index in [2.05, 4.69) is 10.4 Å². The fraction of sp³-hybridized carbons (Fsp3) is 0.150. The third kappa shape index (κ3) is 5.64. The molecule has 1 aromatic heterocycles. The number of nitrogens with zero attached hydrogens (tertiary/aromatic N) is 2. The molecule has 0 atom stereocenters. The van der Waals surface area contributed by atoms with E-state index in [1.54, 1.807) is 0 Å². The molecule has 3 rings (SSSR count). The molecule has 0 aliphatic rings. The number of ether oxygens (including phenoxy) is 1. The molecular formula is C20H12ClF6N3O3. The molecule has 0 unspecified atom stereocenters. The summed E-state index contributed by atoms with van der Waals surface area (Å²) in [6, 6.07) is 8.26. The van der Waals surface area contributed by atoms with Crippen molar-refractivity contribution in [2.24, 2.45) is 0 Å². The molecule has 33 heavy (non-hydrogen) atoms. The van der Waals surface area contributed by atoms with Gasteiger partial charge in [0.1, 0.15) is 11.4 Å². The number of aromatic nitrogens is 2. The average Bonchev–Trinajstić information content (AvgIpc) is 3.16. The van der Waals surface area contributed by atoms with Gasteiger partial charge in [-0.15, -0.1) is 0 Å². The Kier molecular flexibility index (Phi) is 6.41. The highest BCUT2D eigenvalue weighted by molar-refractivity contribution is 6.31. The number of alkyl halides is 6. The van der Waals surface area contributed by atoms with E-state index >= 15 is 0 Å². The monoisotopic (exact) mass is 491 g/mol. The normalized spacial score (nSPS) is 11.9. The van der Waals surface area contributed by atoms with Crippen LogP contribution >= 0.6 is 11.6 Å². The number of rotatable bonds is 4. The van der Waals surface area contributed by atoms with Gasteiger partial charge in [-0.25, -0.2) is 4.68 Å². The highest BCUT2D eigenvalue weighted by Crippen LogP contribution is 2.36. The third-order valence-electron chi connectivity index (χ3n) is 4.10. The largest absolute Gasteiger partial charge is 0.435 e. The predicted octanol–water partition coefficient (Wildman–Crippen LogP) is 5.74. The maximum Gasteiger partial charge on any atom is 0.435 e. The number of nitrogens with one attached hydrogen (secondary N) is 1. The highest BCUT2D eigenvalue weighted by atomic mass is 35.5. The number of carbonyl (C=O) groups is 2. The summed E-state index contributed by atoms with van der Waals surface area (Å²) >= 11 is 5.87. The van der Waals surface area contributed by atoms with Gasteiger partial charge in [0.25, 0.3) is 5.91 Å². The summed E-state index contributed by atoms with van der Waals surface area (Å²) in [5.41, 5.74) is -3.64. The maximum absolute atomic E-state index is 13.2. The summed E-state index contributed by atoms with van der Waals surface area (Å²) in [5.74, 6) is -1.52. The van der Waals surface area contributed by atoms with Crippen molar-refractivity contribution in [1.82, 2.24) is 9.78 Å². The molecule has 1 amide bonds. The lowest BCUT2D eigenvalue weighted by Crippen LogP contribution is -2.15. The minimum atomic E-state index is -5.09. The van der Waals surface area contributed by atoms with Crippen molar-refractivity contribution in [2.45, 2.75) is 19.3 Å². The summed E-state index contributed by atoms with van der Waals surface area (Å²) in [7, 11) is 0. The molecular weight excluding hydrogens is 480 g/mol. The van der Waals surface area contributed by atoms with E-state index < -0.39 is 35.6 Å². The van der Waals surface area contributed by atoms with E-state index in [9.17, 15) is 35.9 Å². The van der Waals surface area contributed by atoms with Gasteiger partial charge in [-0.2, -0.15) is 31.4 Å². The van der Waals surface area contributed by atoms with Gasteiger partial charge in [-0.3, -0.25) is 9.59 Å². The van der Waals surface area contributed by atoms with E-state index in [1.807, 2.05) is 0 Å². The Morgan fingerprint density at radius 3 is 2.15 bits per heavy atom. The summed E-state index contributed by atoms with van der Waals surface area (Å²) < 4.78 is 83.3. The van der Waals surface area contributed by atoms with Gasteiger partial charge >= 0.3 is 18.3 Å². The lowest BCUT2D eigenvalue weighted by atomic mass is 10.1. The lowest BCUT2D eigenvalue weighted by Gasteiger charge is -2.12. The van der Waals surface area contributed by atoms with Gasteiger partial charge < -0.3 is 10.1 Å². The van der Waals surface area contributed by atoms with Crippen molar-refractivity contribution in [1.29, 1.82) is 0 Å². The van der Waals surface area contributed by atoms with Crippen molar-refractivity contribution in [3.63, 3.8) is 0 Å². The molecule has 0 aliphatic carbocycles. The second-order valence-corrected chi connectivity index (χ2v) is 6.99. The topological polar surface area (TPSA) is 73.2 Å². The molecule has 0 bridgehead atoms. The molecule has 0 saturated heterocycles. The standard InChI is InChI=1S/C20H12ClF6N3O3/c1-10(31)33-15-7-2-11(21)8-14(15)18(32)28-12-3-5-13(6-4-12)30-17(20(25,26)27)9-16(29-30)19(22,23)24/h2-9H,1H3,(H,28,32). The number of anilines is 1. The predicted molar refractivity (Wildman–Crippen MR) is 104 cm³/mol. The number of carbonyl (C=O) groups excluding carboxylic acids is 2. The first-order valence-electron chi connectivity index (χ1n) is 8.90. The van der Waals surface area contributed by atoms with E-state index in [4.69, 9.17) is 16.3 Å². The van der Waals surface area contributed by atoms with Crippen molar-refractivity contribution >= 4 is 29.2 Å². The van der Waals surface area contributed by atoms with E-state index in [-0.39, 0.29) is 38.5 Å². The van der Waals surface area contributed by atoms with Crippen LogP contribution in [0.25, 0.3) is 5.69 Å². The quantitative estimate of drug-likeness (QED) is 0.287. The van der Waals surface area contributed by atoms with E-state index in [1.165, 1.54) is 30.3 Å². The van der Waals surface area contributed by atoms with Crippen molar-refractivity contribution in [3.8, 4) is 11.4 Å². The number of amides is 1. The van der Waals surface area contributed by atoms with Gasteiger partial charge in [0.15, 0.2) is 5.69 Å². The molecule has 1 N–H and O–H groups in total. The van der Waals surface area contributed by atoms with Gasteiger partial charge in [0, 0.05) is 23.7 Å². The smallest absolute Gasteiger partial charge is 0.426 e. The zero-order valence-corrected chi connectivity index (χ0v) is 17.1. The second kappa shape index (κ2) is 8.77. The van der Waals surface area contributed by atoms with Crippen LogP contribution in [0.2, 0.25) is 5.02 Å². The number of hydrogen-bond acceptors (Lipinski definition) is 4. The Balaban J connectivity index is 1.89. The van der Waals surface area contributed by atoms with Crippen molar-refractivity contribution in [3.05, 3.63) is 70.5 Å². The van der Waals surface area contributed by atoms with Crippen LogP contribution in [0.4, 0.5) is 32.0 Å². The molecule has 0 spiro atoms. The fourth-order valence-corrected chi connectivity index (χ4v) is 2.90. The number of esters is 1. The van der Waals surface area contributed by atoms with Crippen LogP contribution in [0.3, 0.4) is 0 Å². The molecule has 0 radical (unpaired) electrons. The van der Waals surface area contributed by atoms with Crippen LogP contribution in [0.15, 0.2) is 48.5 Å². The molecule has 0 fully saturated rings. The summed E-state index contributed by atoms with van der Waals surface area (Å²) in [5, 5.41) is 5.63. The van der Waals surface area contributed by atoms with Crippen LogP contribution < -0.4 is 10.1 Å². The fourth-order valence-electron chi connectivity index (χ4n) is 2.73. The summed E-state index contributed by atoms with van der Waals surface area (Å²) in [4.78, 5) is 23.8. The van der Waals surface area contributed by atoms with Crippen molar-refractivity contribution < 1.29 is 40.7 Å². The minimum Gasteiger partial charge on any atom is -0.426 e. The number of hydrogen-bond donors (Lipinski definition) is 1. The second-order valence-electron chi connectivity index (χ2n) is 6.56. The van der Waals surface area contributed by atoms with Crippen LogP contribution in [-0.4, -0.2) is 21.7 Å². The Labute approximate surface area is 186 Å². The average molecular weight is 492 g/mol. The van der Waals surface area contributed by atoms with Crippen molar-refractivity contribution in [2.75, 3.05) is 5.32 Å². The Morgan fingerprint density at radius 2 is 1.61 bits per heavy atom. The molecule has 174 valence electrons. The Morgan fingerprint density at radius 1 is 0.970 bits per heavy atom. The molecule has 13 heteroatoms. The lowest BCUT2D eigenvalue weighted by molar-refractivity contribution is -0.143. The van der Waals surface area contributed by atoms with Crippen LogP contribution in [0, 0.1) is 0 Å². The van der Waals surface area contributed by atoms with Gasteiger partial charge in [0.2, 0.25) is 0 Å². The number of benzene rings is 2. The minimum absolute atomic E-state index is 0.0768. The van der Waals surface area contributed by atoms with Gasteiger partial charge in [0.05, 0.1) is 11.3 Å². The molecule has 6 nitrogen and oxygen atoms in total. The van der Waals surface area contributed by atoms with E-state index in [0.29, 0.717) is 0 Å². The first-order valence-corrected chi connectivity index (χ1v) is 9.27. The molecule has 3 aromatic rings. The first kappa shape index (κ1) is 24.1.